The van der Waals surface area contributed by atoms with Crippen LogP contribution in [0.1, 0.15) is 0 Å². The average molecular weight is 184 g/mol. The fourth-order valence-corrected chi connectivity index (χ4v) is 1.33. The highest BCUT2D eigenvalue weighted by Gasteiger charge is 2.42. The smallest absolute Gasteiger partial charge is 0.254 e. The predicted molar refractivity (Wildman–Crippen MR) is 38.0 cm³/mol. The van der Waals surface area contributed by atoms with E-state index in [1.54, 1.807) is 0 Å². The summed E-state index contributed by atoms with van der Waals surface area (Å²) >= 11 is 11.1. The Kier molecular flexibility index (Phi) is 2.39. The van der Waals surface area contributed by atoms with E-state index >= 15 is 0 Å². The zero-order valence-electron chi connectivity index (χ0n) is 5.19. The van der Waals surface area contributed by atoms with Crippen LogP contribution in [-0.4, -0.2) is 24.3 Å². The number of rotatable bonds is 2. The van der Waals surface area contributed by atoms with Gasteiger partial charge in [0.1, 0.15) is 5.41 Å². The number of nitrogens with one attached hydrogen (secondary N) is 1. The van der Waals surface area contributed by atoms with Gasteiger partial charge in [0.05, 0.1) is 6.61 Å². The van der Waals surface area contributed by atoms with E-state index in [2.05, 4.69) is 10.3 Å². The molecule has 1 saturated heterocycles. The second-order valence-corrected chi connectivity index (χ2v) is 2.80. The average Bonchev–Trinajstić information content (AvgIpc) is 2.32. The first-order valence-corrected chi connectivity index (χ1v) is 3.86. The van der Waals surface area contributed by atoms with Crippen molar-refractivity contribution in [1.82, 2.24) is 5.48 Å². The van der Waals surface area contributed by atoms with Crippen molar-refractivity contribution in [2.24, 2.45) is 5.41 Å². The molecule has 0 aromatic heterocycles. The molecule has 1 aliphatic rings. The van der Waals surface area contributed by atoms with Crippen LogP contribution in [0.3, 0.4) is 0 Å². The summed E-state index contributed by atoms with van der Waals surface area (Å²) < 4.78 is 0. The van der Waals surface area contributed by atoms with Gasteiger partial charge in [0.15, 0.2) is 0 Å². The van der Waals surface area contributed by atoms with Gasteiger partial charge in [0, 0.05) is 11.8 Å². The van der Waals surface area contributed by atoms with Crippen LogP contribution in [0.5, 0.6) is 0 Å². The molecule has 0 unspecified atom stereocenters. The van der Waals surface area contributed by atoms with Crippen LogP contribution in [-0.2, 0) is 9.63 Å². The Bertz CT molecular complexity index is 147. The van der Waals surface area contributed by atoms with Crippen molar-refractivity contribution in [1.29, 1.82) is 0 Å². The minimum atomic E-state index is -0.705. The number of hydrogen-bond acceptors (Lipinski definition) is 2. The molecule has 3 nitrogen and oxygen atoms in total. The quantitative estimate of drug-likeness (QED) is 0.635. The minimum Gasteiger partial charge on any atom is -0.272 e. The summed E-state index contributed by atoms with van der Waals surface area (Å²) in [5.74, 6) is 0.169. The number of alkyl halides is 2. The highest BCUT2D eigenvalue weighted by atomic mass is 35.5. The fraction of sp³-hybridized carbons (Fsp3) is 0.800. The monoisotopic (exact) mass is 183 g/mol. The summed E-state index contributed by atoms with van der Waals surface area (Å²) in [6.45, 7) is 0.263. The summed E-state index contributed by atoms with van der Waals surface area (Å²) in [7, 11) is 0. The van der Waals surface area contributed by atoms with E-state index in [4.69, 9.17) is 23.2 Å². The highest BCUT2D eigenvalue weighted by Crippen LogP contribution is 2.25. The maximum Gasteiger partial charge on any atom is 0.254 e. The van der Waals surface area contributed by atoms with Gasteiger partial charge in [-0.05, 0) is 0 Å². The largest absolute Gasteiger partial charge is 0.272 e. The van der Waals surface area contributed by atoms with Crippen molar-refractivity contribution in [3.63, 3.8) is 0 Å². The third kappa shape index (κ3) is 1.09. The number of carbonyl (C=O) groups is 1. The molecule has 58 valence electrons. The Balaban J connectivity index is 2.71. The van der Waals surface area contributed by atoms with Gasteiger partial charge in [-0.3, -0.25) is 9.63 Å². The topological polar surface area (TPSA) is 38.3 Å². The lowest BCUT2D eigenvalue weighted by Crippen LogP contribution is -2.36. The second-order valence-electron chi connectivity index (χ2n) is 2.27. The van der Waals surface area contributed by atoms with E-state index in [0.717, 1.165) is 0 Å². The lowest BCUT2D eigenvalue weighted by molar-refractivity contribution is -0.128. The zero-order valence-corrected chi connectivity index (χ0v) is 6.71. The Hall–Kier alpha value is 0.01000. The molecular weight excluding hydrogens is 177 g/mol. The SMILES string of the molecule is O=C1NOCC1(CCl)CCl. The number of hydrogen-bond donors (Lipinski definition) is 1. The van der Waals surface area contributed by atoms with Crippen LogP contribution < -0.4 is 5.48 Å². The molecule has 0 bridgehead atoms. The zero-order chi connectivity index (χ0) is 7.61. The first kappa shape index (κ1) is 8.11. The van der Waals surface area contributed by atoms with E-state index in [0.29, 0.717) is 0 Å². The molecule has 0 aromatic carbocycles. The van der Waals surface area contributed by atoms with E-state index in [1.165, 1.54) is 0 Å². The minimum absolute atomic E-state index is 0.197. The van der Waals surface area contributed by atoms with E-state index in [1.807, 2.05) is 0 Å². The Morgan fingerprint density at radius 2 is 2.20 bits per heavy atom. The Morgan fingerprint density at radius 3 is 2.40 bits per heavy atom. The van der Waals surface area contributed by atoms with E-state index in [9.17, 15) is 4.79 Å². The molecule has 0 spiro atoms. The van der Waals surface area contributed by atoms with Crippen LogP contribution in [0.2, 0.25) is 0 Å². The summed E-state index contributed by atoms with van der Waals surface area (Å²) in [4.78, 5) is 15.6. The van der Waals surface area contributed by atoms with Crippen molar-refractivity contribution in [3.8, 4) is 0 Å². The molecule has 1 amide bonds. The Labute approximate surface area is 68.6 Å². The molecule has 1 heterocycles. The van der Waals surface area contributed by atoms with Gasteiger partial charge in [-0.2, -0.15) is 0 Å². The maximum absolute atomic E-state index is 11.0. The Morgan fingerprint density at radius 1 is 1.60 bits per heavy atom. The standard InChI is InChI=1S/C5H7Cl2NO2/c6-1-5(2-7)3-10-8-4(5)9/h1-3H2,(H,8,9). The van der Waals surface area contributed by atoms with Crippen LogP contribution in [0.4, 0.5) is 0 Å². The second kappa shape index (κ2) is 2.95. The first-order valence-electron chi connectivity index (χ1n) is 2.79. The van der Waals surface area contributed by atoms with Gasteiger partial charge >= 0.3 is 0 Å². The van der Waals surface area contributed by atoms with Crippen molar-refractivity contribution < 1.29 is 9.63 Å². The number of amides is 1. The number of halogens is 2. The fourth-order valence-electron chi connectivity index (χ4n) is 0.648. The maximum atomic E-state index is 11.0. The van der Waals surface area contributed by atoms with Crippen molar-refractivity contribution in [3.05, 3.63) is 0 Å². The molecule has 5 heteroatoms. The molecule has 0 aromatic rings. The lowest BCUT2D eigenvalue weighted by atomic mass is 9.95. The van der Waals surface area contributed by atoms with Crippen LogP contribution in [0.25, 0.3) is 0 Å². The van der Waals surface area contributed by atoms with Gasteiger partial charge < -0.3 is 0 Å². The third-order valence-electron chi connectivity index (χ3n) is 1.51. The third-order valence-corrected chi connectivity index (χ3v) is 2.53. The normalized spacial score (nSPS) is 22.8. The van der Waals surface area contributed by atoms with Crippen molar-refractivity contribution in [2.45, 2.75) is 0 Å². The lowest BCUT2D eigenvalue weighted by Gasteiger charge is -2.15. The summed E-state index contributed by atoms with van der Waals surface area (Å²) in [5.41, 5.74) is 1.50. The number of hydroxylamine groups is 1. The van der Waals surface area contributed by atoms with Gasteiger partial charge in [-0.15, -0.1) is 23.2 Å². The van der Waals surface area contributed by atoms with E-state index in [-0.39, 0.29) is 24.3 Å². The van der Waals surface area contributed by atoms with Gasteiger partial charge in [-0.1, -0.05) is 0 Å². The van der Waals surface area contributed by atoms with Crippen LogP contribution in [0, 0.1) is 5.41 Å². The molecule has 10 heavy (non-hydrogen) atoms. The summed E-state index contributed by atoms with van der Waals surface area (Å²) in [6.07, 6.45) is 0. The molecule has 1 fully saturated rings. The van der Waals surface area contributed by atoms with E-state index < -0.39 is 5.41 Å². The molecule has 0 saturated carbocycles. The van der Waals surface area contributed by atoms with Crippen LogP contribution in [0.15, 0.2) is 0 Å². The molecule has 1 N–H and O–H groups in total. The molecule has 1 aliphatic heterocycles. The first-order chi connectivity index (χ1) is 4.75. The molecule has 0 atom stereocenters. The highest BCUT2D eigenvalue weighted by molar-refractivity contribution is 6.24. The predicted octanol–water partition coefficient (Wildman–Crippen LogP) is 0.512. The van der Waals surface area contributed by atoms with Crippen LogP contribution >= 0.6 is 23.2 Å². The summed E-state index contributed by atoms with van der Waals surface area (Å²) in [5, 5.41) is 0. The number of carbonyl (C=O) groups excluding carboxylic acids is 1. The van der Waals surface area contributed by atoms with Crippen molar-refractivity contribution >= 4 is 29.1 Å². The van der Waals surface area contributed by atoms with Gasteiger partial charge in [-0.25, -0.2) is 5.48 Å². The van der Waals surface area contributed by atoms with Gasteiger partial charge in [0.25, 0.3) is 5.91 Å². The summed E-state index contributed by atoms with van der Waals surface area (Å²) in [6, 6.07) is 0. The molecule has 0 radical (unpaired) electrons. The molecular formula is C5H7Cl2NO2. The molecule has 1 rings (SSSR count). The van der Waals surface area contributed by atoms with Crippen molar-refractivity contribution in [2.75, 3.05) is 18.4 Å². The molecule has 0 aliphatic carbocycles. The van der Waals surface area contributed by atoms with Gasteiger partial charge in [0.2, 0.25) is 0 Å².